The van der Waals surface area contributed by atoms with Crippen molar-refractivity contribution < 1.29 is 13.2 Å². The number of alkyl halides is 3. The molecule has 0 radical (unpaired) electrons. The van der Waals surface area contributed by atoms with E-state index in [2.05, 4.69) is 26.1 Å². The molecule has 1 saturated heterocycles. The second kappa shape index (κ2) is 6.35. The molecule has 1 aromatic rings. The summed E-state index contributed by atoms with van der Waals surface area (Å²) in [7, 11) is 2.04. The van der Waals surface area contributed by atoms with Crippen LogP contribution < -0.4 is 5.32 Å². The van der Waals surface area contributed by atoms with E-state index in [0.29, 0.717) is 4.47 Å². The third-order valence-corrected chi connectivity index (χ3v) is 4.09. The zero-order chi connectivity index (χ0) is 14.8. The smallest absolute Gasteiger partial charge is 0.382 e. The number of benzene rings is 1. The van der Waals surface area contributed by atoms with Crippen LogP contribution in [-0.2, 0) is 6.18 Å². The Hall–Kier alpha value is -0.750. The maximum atomic E-state index is 13.1. The molecule has 1 aliphatic rings. The zero-order valence-corrected chi connectivity index (χ0v) is 12.9. The van der Waals surface area contributed by atoms with Crippen molar-refractivity contribution in [2.45, 2.75) is 31.5 Å². The number of halogens is 4. The average Bonchev–Trinajstić information content (AvgIpc) is 2.55. The third-order valence-electron chi connectivity index (χ3n) is 3.60. The minimum absolute atomic E-state index is 0.0993. The highest BCUT2D eigenvalue weighted by Gasteiger charge is 2.34. The standard InChI is InChI=1S/C14H18BrF3N2/c1-20-7-2-3-11(6-8-20)19-13-5-4-10(15)9-12(13)14(16,17)18/h4-5,9,11,19H,2-3,6-8H2,1H3. The molecule has 1 N–H and O–H groups in total. The van der Waals surface area contributed by atoms with Crippen molar-refractivity contribution in [2.75, 3.05) is 25.5 Å². The van der Waals surface area contributed by atoms with Crippen molar-refractivity contribution in [3.05, 3.63) is 28.2 Å². The molecule has 1 heterocycles. The molecule has 0 aliphatic carbocycles. The number of nitrogens with zero attached hydrogens (tertiary/aromatic N) is 1. The Labute approximate surface area is 125 Å². The van der Waals surface area contributed by atoms with Gasteiger partial charge in [0.1, 0.15) is 0 Å². The first-order valence-electron chi connectivity index (χ1n) is 6.68. The molecule has 6 heteroatoms. The summed E-state index contributed by atoms with van der Waals surface area (Å²) in [5.74, 6) is 0. The molecule has 1 aromatic carbocycles. The Morgan fingerprint density at radius 3 is 2.70 bits per heavy atom. The minimum Gasteiger partial charge on any atom is -0.382 e. The second-order valence-electron chi connectivity index (χ2n) is 5.26. The summed E-state index contributed by atoms with van der Waals surface area (Å²) in [5, 5.41) is 3.08. The first kappa shape index (κ1) is 15.6. The molecule has 0 amide bonds. The quantitative estimate of drug-likeness (QED) is 0.852. The highest BCUT2D eigenvalue weighted by atomic mass is 79.9. The first-order chi connectivity index (χ1) is 9.36. The molecular weight excluding hydrogens is 333 g/mol. The van der Waals surface area contributed by atoms with Gasteiger partial charge in [-0.15, -0.1) is 0 Å². The number of hydrogen-bond donors (Lipinski definition) is 1. The van der Waals surface area contributed by atoms with Gasteiger partial charge < -0.3 is 10.2 Å². The van der Waals surface area contributed by atoms with E-state index in [-0.39, 0.29) is 11.7 Å². The van der Waals surface area contributed by atoms with Gasteiger partial charge in [-0.3, -0.25) is 0 Å². The third kappa shape index (κ3) is 4.12. The van der Waals surface area contributed by atoms with E-state index in [1.807, 2.05) is 7.05 Å². The molecule has 0 aromatic heterocycles. The summed E-state index contributed by atoms with van der Waals surface area (Å²) in [4.78, 5) is 2.22. The van der Waals surface area contributed by atoms with Crippen LogP contribution in [0.2, 0.25) is 0 Å². The van der Waals surface area contributed by atoms with E-state index < -0.39 is 11.7 Å². The summed E-state index contributed by atoms with van der Waals surface area (Å²) in [6.45, 7) is 1.92. The van der Waals surface area contributed by atoms with Crippen molar-refractivity contribution in [1.29, 1.82) is 0 Å². The van der Waals surface area contributed by atoms with E-state index >= 15 is 0 Å². The predicted octanol–water partition coefficient (Wildman–Crippen LogP) is 4.36. The molecule has 112 valence electrons. The Balaban J connectivity index is 2.16. The molecule has 1 aliphatic heterocycles. The molecule has 1 fully saturated rings. The topological polar surface area (TPSA) is 15.3 Å². The molecule has 2 nitrogen and oxygen atoms in total. The predicted molar refractivity (Wildman–Crippen MR) is 77.9 cm³/mol. The van der Waals surface area contributed by atoms with E-state index in [9.17, 15) is 13.2 Å². The van der Waals surface area contributed by atoms with Crippen LogP contribution in [0.3, 0.4) is 0 Å². The van der Waals surface area contributed by atoms with Crippen LogP contribution in [0, 0.1) is 0 Å². The maximum Gasteiger partial charge on any atom is 0.418 e. The fourth-order valence-corrected chi connectivity index (χ4v) is 2.84. The number of anilines is 1. The number of hydrogen-bond acceptors (Lipinski definition) is 2. The molecule has 1 atom stereocenters. The highest BCUT2D eigenvalue weighted by molar-refractivity contribution is 9.10. The van der Waals surface area contributed by atoms with Gasteiger partial charge in [0, 0.05) is 16.2 Å². The van der Waals surface area contributed by atoms with Gasteiger partial charge in [0.25, 0.3) is 0 Å². The molecule has 1 unspecified atom stereocenters. The minimum atomic E-state index is -4.34. The molecule has 0 saturated carbocycles. The Morgan fingerprint density at radius 2 is 2.00 bits per heavy atom. The van der Waals surface area contributed by atoms with E-state index in [0.717, 1.165) is 38.4 Å². The van der Waals surface area contributed by atoms with Gasteiger partial charge >= 0.3 is 6.18 Å². The Morgan fingerprint density at radius 1 is 1.25 bits per heavy atom. The van der Waals surface area contributed by atoms with Gasteiger partial charge in [-0.2, -0.15) is 13.2 Å². The fourth-order valence-electron chi connectivity index (χ4n) is 2.48. The van der Waals surface area contributed by atoms with Gasteiger partial charge in [-0.1, -0.05) is 15.9 Å². The van der Waals surface area contributed by atoms with Crippen LogP contribution in [0.4, 0.5) is 18.9 Å². The Kier molecular flexibility index (Phi) is 4.96. The largest absolute Gasteiger partial charge is 0.418 e. The van der Waals surface area contributed by atoms with Gasteiger partial charge in [0.05, 0.1) is 5.56 Å². The van der Waals surface area contributed by atoms with Crippen LogP contribution in [0.25, 0.3) is 0 Å². The lowest BCUT2D eigenvalue weighted by Gasteiger charge is -2.21. The molecule has 20 heavy (non-hydrogen) atoms. The first-order valence-corrected chi connectivity index (χ1v) is 7.47. The fraction of sp³-hybridized carbons (Fsp3) is 0.571. The number of likely N-dealkylation sites (tertiary alicyclic amines) is 1. The number of nitrogens with one attached hydrogen (secondary N) is 1. The number of rotatable bonds is 2. The van der Waals surface area contributed by atoms with Crippen LogP contribution in [-0.4, -0.2) is 31.1 Å². The summed E-state index contributed by atoms with van der Waals surface area (Å²) in [6.07, 6.45) is -1.57. The second-order valence-corrected chi connectivity index (χ2v) is 6.18. The van der Waals surface area contributed by atoms with E-state index in [1.165, 1.54) is 6.07 Å². The summed E-state index contributed by atoms with van der Waals surface area (Å²) < 4.78 is 39.6. The maximum absolute atomic E-state index is 13.1. The molecule has 0 bridgehead atoms. The lowest BCUT2D eigenvalue weighted by molar-refractivity contribution is -0.137. The lowest BCUT2D eigenvalue weighted by atomic mass is 10.1. The van der Waals surface area contributed by atoms with E-state index in [4.69, 9.17) is 0 Å². The van der Waals surface area contributed by atoms with Crippen LogP contribution in [0.1, 0.15) is 24.8 Å². The summed E-state index contributed by atoms with van der Waals surface area (Å²) in [5.41, 5.74) is -0.431. The van der Waals surface area contributed by atoms with Crippen molar-refractivity contribution >= 4 is 21.6 Å². The van der Waals surface area contributed by atoms with E-state index in [1.54, 1.807) is 6.07 Å². The van der Waals surface area contributed by atoms with Gasteiger partial charge in [-0.05, 0) is 57.6 Å². The van der Waals surface area contributed by atoms with Gasteiger partial charge in [0.2, 0.25) is 0 Å². The van der Waals surface area contributed by atoms with Crippen molar-refractivity contribution in [3.8, 4) is 0 Å². The summed E-state index contributed by atoms with van der Waals surface area (Å²) in [6, 6.07) is 4.37. The highest BCUT2D eigenvalue weighted by Crippen LogP contribution is 2.37. The monoisotopic (exact) mass is 350 g/mol. The molecule has 2 rings (SSSR count). The zero-order valence-electron chi connectivity index (χ0n) is 11.3. The van der Waals surface area contributed by atoms with Gasteiger partial charge in [-0.25, -0.2) is 0 Å². The summed E-state index contributed by atoms with van der Waals surface area (Å²) >= 11 is 3.10. The van der Waals surface area contributed by atoms with Crippen molar-refractivity contribution in [3.63, 3.8) is 0 Å². The van der Waals surface area contributed by atoms with Crippen LogP contribution in [0.5, 0.6) is 0 Å². The Bertz CT molecular complexity index is 462. The molecule has 0 spiro atoms. The SMILES string of the molecule is CN1CCCC(Nc2ccc(Br)cc2C(F)(F)F)CC1. The molecular formula is C14H18BrF3N2. The van der Waals surface area contributed by atoms with Crippen LogP contribution >= 0.6 is 15.9 Å². The van der Waals surface area contributed by atoms with Crippen LogP contribution in [0.15, 0.2) is 22.7 Å². The lowest BCUT2D eigenvalue weighted by Crippen LogP contribution is -2.24. The normalized spacial score (nSPS) is 21.6. The average molecular weight is 351 g/mol. The van der Waals surface area contributed by atoms with Gasteiger partial charge in [0.15, 0.2) is 0 Å². The van der Waals surface area contributed by atoms with Crippen molar-refractivity contribution in [1.82, 2.24) is 4.90 Å². The van der Waals surface area contributed by atoms with Crippen molar-refractivity contribution in [2.24, 2.45) is 0 Å².